The molecule has 108 valence electrons. The highest BCUT2D eigenvalue weighted by Gasteiger charge is 2.61. The van der Waals surface area contributed by atoms with Crippen molar-refractivity contribution in [1.82, 2.24) is 0 Å². The van der Waals surface area contributed by atoms with E-state index in [9.17, 15) is 4.79 Å². The third kappa shape index (κ3) is 4.00. The van der Waals surface area contributed by atoms with Crippen molar-refractivity contribution >= 4 is 29.2 Å². The van der Waals surface area contributed by atoms with Crippen LogP contribution in [0.15, 0.2) is 22.2 Å². The lowest BCUT2D eigenvalue weighted by Crippen LogP contribution is -2.19. The van der Waals surface area contributed by atoms with Gasteiger partial charge in [0.1, 0.15) is 10.6 Å². The molecule has 1 saturated carbocycles. The lowest BCUT2D eigenvalue weighted by atomic mass is 10.1. The van der Waals surface area contributed by atoms with Crippen LogP contribution in [0.4, 0.5) is 0 Å². The summed E-state index contributed by atoms with van der Waals surface area (Å²) in [6, 6.07) is 0. The Hall–Kier alpha value is -0.470. The van der Waals surface area contributed by atoms with Crippen LogP contribution in [-0.4, -0.2) is 12.1 Å². The second-order valence-corrected chi connectivity index (χ2v) is 6.72. The summed E-state index contributed by atoms with van der Waals surface area (Å²) in [7, 11) is 0. The Bertz CT molecular complexity index is 406. The Morgan fingerprint density at radius 3 is 2.47 bits per heavy atom. The molecule has 2 nitrogen and oxygen atoms in total. The van der Waals surface area contributed by atoms with Crippen LogP contribution in [0.5, 0.6) is 0 Å². The molecular formula is C15H22Cl2O2. The average Bonchev–Trinajstić information content (AvgIpc) is 2.79. The minimum absolute atomic E-state index is 0.0626. The van der Waals surface area contributed by atoms with Crippen LogP contribution in [0.1, 0.15) is 41.0 Å². The molecule has 0 aromatic rings. The monoisotopic (exact) mass is 304 g/mol. The second-order valence-electron chi connectivity index (χ2n) is 5.72. The molecule has 0 aromatic carbocycles. The standard InChI is InChI=1S/C15H22Cl2O2/c1-6-7-9(2)10(3)19-14(18)13-11(8-12(16)17)15(13,4)5/h7-8,10-11,13H,6H2,1-5H3. The van der Waals surface area contributed by atoms with Gasteiger partial charge in [-0.05, 0) is 43.3 Å². The predicted octanol–water partition coefficient (Wildman–Crippen LogP) is 4.87. The van der Waals surface area contributed by atoms with E-state index in [0.717, 1.165) is 12.0 Å². The molecule has 0 aliphatic heterocycles. The molecule has 4 heteroatoms. The number of carbonyl (C=O) groups is 1. The highest BCUT2D eigenvalue weighted by molar-refractivity contribution is 6.55. The second kappa shape index (κ2) is 6.32. The molecule has 0 amide bonds. The van der Waals surface area contributed by atoms with Crippen LogP contribution in [-0.2, 0) is 9.53 Å². The van der Waals surface area contributed by atoms with E-state index < -0.39 is 0 Å². The molecule has 3 unspecified atom stereocenters. The normalized spacial score (nSPS) is 26.6. The Morgan fingerprint density at radius 1 is 1.42 bits per heavy atom. The lowest BCUT2D eigenvalue weighted by molar-refractivity contribution is -0.149. The Balaban J connectivity index is 2.66. The van der Waals surface area contributed by atoms with Crippen LogP contribution < -0.4 is 0 Å². The van der Waals surface area contributed by atoms with Gasteiger partial charge in [-0.2, -0.15) is 0 Å². The van der Waals surface area contributed by atoms with Gasteiger partial charge >= 0.3 is 5.97 Å². The highest BCUT2D eigenvalue weighted by Crippen LogP contribution is 2.60. The molecule has 0 saturated heterocycles. The van der Waals surface area contributed by atoms with Crippen molar-refractivity contribution in [2.75, 3.05) is 0 Å². The molecular weight excluding hydrogens is 283 g/mol. The average molecular weight is 305 g/mol. The Labute approximate surface area is 125 Å². The van der Waals surface area contributed by atoms with Crippen LogP contribution in [0.3, 0.4) is 0 Å². The van der Waals surface area contributed by atoms with Gasteiger partial charge in [0.05, 0.1) is 5.92 Å². The van der Waals surface area contributed by atoms with Gasteiger partial charge in [0.25, 0.3) is 0 Å². The predicted molar refractivity (Wildman–Crippen MR) is 80.2 cm³/mol. The first kappa shape index (κ1) is 16.6. The smallest absolute Gasteiger partial charge is 0.310 e. The quantitative estimate of drug-likeness (QED) is 0.535. The maximum Gasteiger partial charge on any atom is 0.310 e. The largest absolute Gasteiger partial charge is 0.458 e. The molecule has 3 atom stereocenters. The molecule has 0 aromatic heterocycles. The minimum atomic E-state index is -0.181. The van der Waals surface area contributed by atoms with Crippen LogP contribution in [0.2, 0.25) is 0 Å². The van der Waals surface area contributed by atoms with Gasteiger partial charge in [-0.15, -0.1) is 0 Å². The first-order valence-corrected chi connectivity index (χ1v) is 7.37. The molecule has 1 fully saturated rings. The summed E-state index contributed by atoms with van der Waals surface area (Å²) in [5.74, 6) is -0.262. The highest BCUT2D eigenvalue weighted by atomic mass is 35.5. The number of halogens is 2. The van der Waals surface area contributed by atoms with E-state index in [1.54, 1.807) is 6.08 Å². The van der Waals surface area contributed by atoms with Gasteiger partial charge in [0.2, 0.25) is 0 Å². The summed E-state index contributed by atoms with van der Waals surface area (Å²) in [4.78, 5) is 12.2. The number of rotatable bonds is 5. The van der Waals surface area contributed by atoms with E-state index >= 15 is 0 Å². The third-order valence-electron chi connectivity index (χ3n) is 3.93. The maximum absolute atomic E-state index is 12.2. The summed E-state index contributed by atoms with van der Waals surface area (Å²) in [6.45, 7) is 9.98. The molecule has 1 aliphatic rings. The number of carbonyl (C=O) groups excluding carboxylic acids is 1. The van der Waals surface area contributed by atoms with Crippen LogP contribution >= 0.6 is 23.2 Å². The summed E-state index contributed by atoms with van der Waals surface area (Å²) in [6.07, 6.45) is 4.56. The molecule has 0 spiro atoms. The van der Waals surface area contributed by atoms with E-state index in [1.165, 1.54) is 0 Å². The fourth-order valence-corrected chi connectivity index (χ4v) is 2.67. The van der Waals surface area contributed by atoms with Crippen LogP contribution in [0, 0.1) is 17.3 Å². The summed E-state index contributed by atoms with van der Waals surface area (Å²) in [5, 5.41) is 0. The third-order valence-corrected chi connectivity index (χ3v) is 4.18. The molecule has 0 bridgehead atoms. The topological polar surface area (TPSA) is 26.3 Å². The van der Waals surface area contributed by atoms with Crippen molar-refractivity contribution in [1.29, 1.82) is 0 Å². The number of ether oxygens (including phenoxy) is 1. The molecule has 1 aliphatic carbocycles. The van der Waals surface area contributed by atoms with Gasteiger partial charge in [-0.3, -0.25) is 4.79 Å². The van der Waals surface area contributed by atoms with Gasteiger partial charge < -0.3 is 4.74 Å². The molecule has 0 N–H and O–H groups in total. The van der Waals surface area contributed by atoms with Crippen molar-refractivity contribution in [2.24, 2.45) is 17.3 Å². The number of esters is 1. The number of hydrogen-bond donors (Lipinski definition) is 0. The van der Waals surface area contributed by atoms with E-state index in [4.69, 9.17) is 27.9 Å². The van der Waals surface area contributed by atoms with Crippen molar-refractivity contribution in [3.63, 3.8) is 0 Å². The zero-order valence-electron chi connectivity index (χ0n) is 12.2. The molecule has 19 heavy (non-hydrogen) atoms. The van der Waals surface area contributed by atoms with Crippen molar-refractivity contribution < 1.29 is 9.53 Å². The minimum Gasteiger partial charge on any atom is -0.458 e. The lowest BCUT2D eigenvalue weighted by Gasteiger charge is -2.14. The van der Waals surface area contributed by atoms with Crippen molar-refractivity contribution in [3.05, 3.63) is 22.2 Å². The first-order valence-electron chi connectivity index (χ1n) is 6.61. The maximum atomic E-state index is 12.2. The SMILES string of the molecule is CCC=C(C)C(C)OC(=O)C1C(C=C(Cl)Cl)C1(C)C. The van der Waals surface area contributed by atoms with E-state index in [1.807, 2.05) is 27.7 Å². The van der Waals surface area contributed by atoms with E-state index in [0.29, 0.717) is 0 Å². The molecule has 0 radical (unpaired) electrons. The zero-order valence-corrected chi connectivity index (χ0v) is 13.7. The summed E-state index contributed by atoms with van der Waals surface area (Å²) < 4.78 is 5.72. The van der Waals surface area contributed by atoms with Crippen molar-refractivity contribution in [3.8, 4) is 0 Å². The van der Waals surface area contributed by atoms with E-state index in [-0.39, 0.29) is 33.8 Å². The van der Waals surface area contributed by atoms with Gasteiger partial charge in [-0.25, -0.2) is 0 Å². The Morgan fingerprint density at radius 2 is 2.00 bits per heavy atom. The fourth-order valence-electron chi connectivity index (χ4n) is 2.40. The molecule has 1 rings (SSSR count). The Kier molecular flexibility index (Phi) is 5.52. The first-order chi connectivity index (χ1) is 8.71. The summed E-state index contributed by atoms with van der Waals surface area (Å²) >= 11 is 11.3. The van der Waals surface area contributed by atoms with Crippen molar-refractivity contribution in [2.45, 2.75) is 47.1 Å². The van der Waals surface area contributed by atoms with Gasteiger partial charge in [0, 0.05) is 0 Å². The van der Waals surface area contributed by atoms with Gasteiger partial charge in [0.15, 0.2) is 0 Å². The number of allylic oxidation sites excluding steroid dienone is 2. The fraction of sp³-hybridized carbons (Fsp3) is 0.667. The van der Waals surface area contributed by atoms with Gasteiger partial charge in [-0.1, -0.05) is 50.0 Å². The zero-order chi connectivity index (χ0) is 14.8. The summed E-state index contributed by atoms with van der Waals surface area (Å²) in [5.41, 5.74) is 0.950. The van der Waals surface area contributed by atoms with Crippen LogP contribution in [0.25, 0.3) is 0 Å². The molecule has 0 heterocycles. The van der Waals surface area contributed by atoms with E-state index in [2.05, 4.69) is 13.0 Å². The number of hydrogen-bond acceptors (Lipinski definition) is 2.